The lowest BCUT2D eigenvalue weighted by Crippen LogP contribution is -2.48. The molecule has 0 aliphatic carbocycles. The van der Waals surface area contributed by atoms with Gasteiger partial charge in [-0.05, 0) is 47.0 Å². The van der Waals surface area contributed by atoms with E-state index in [1.807, 2.05) is 59.5 Å². The van der Waals surface area contributed by atoms with Crippen molar-refractivity contribution in [3.8, 4) is 0 Å². The molecule has 0 spiro atoms. The molecule has 1 aromatic heterocycles. The smallest absolute Gasteiger partial charge is 0.341 e. The number of piperazine rings is 1. The number of amides is 1. The third-order valence-corrected chi connectivity index (χ3v) is 7.63. The third kappa shape index (κ3) is 5.88. The number of carbonyl (C=O) groups is 1. The highest BCUT2D eigenvalue weighted by Gasteiger charge is 2.30. The van der Waals surface area contributed by atoms with E-state index in [1.54, 1.807) is 0 Å². The van der Waals surface area contributed by atoms with Crippen molar-refractivity contribution in [2.24, 2.45) is 0 Å². The van der Waals surface area contributed by atoms with Crippen molar-refractivity contribution in [3.05, 3.63) is 137 Å². The van der Waals surface area contributed by atoms with Gasteiger partial charge in [0.2, 0.25) is 0 Å². The van der Waals surface area contributed by atoms with Gasteiger partial charge in [-0.15, -0.1) is 0 Å². The first-order valence-corrected chi connectivity index (χ1v) is 13.6. The van der Waals surface area contributed by atoms with Crippen LogP contribution in [0.25, 0.3) is 11.0 Å². The highest BCUT2D eigenvalue weighted by atomic mass is 19.4. The minimum atomic E-state index is -4.34. The van der Waals surface area contributed by atoms with Crippen LogP contribution in [0, 0.1) is 0 Å². The van der Waals surface area contributed by atoms with Gasteiger partial charge in [-0.1, -0.05) is 72.8 Å². The predicted molar refractivity (Wildman–Crippen MR) is 153 cm³/mol. The molecule has 1 amide bonds. The average molecular weight is 555 g/mol. The molecule has 2 heterocycles. The fourth-order valence-corrected chi connectivity index (χ4v) is 5.45. The Morgan fingerprint density at radius 3 is 2.00 bits per heavy atom. The lowest BCUT2D eigenvalue weighted by Gasteiger charge is -2.34. The van der Waals surface area contributed by atoms with Crippen molar-refractivity contribution in [1.29, 1.82) is 0 Å². The van der Waals surface area contributed by atoms with Gasteiger partial charge < -0.3 is 9.88 Å². The highest BCUT2D eigenvalue weighted by Crippen LogP contribution is 2.32. The standard InChI is InChI=1S/C33H29F3N4O/c34-33(35,36)27-14-11-23(12-15-27)22-39-17-19-40(20-18-39)32(41)26-13-16-28-29(21-26)38-31(37-28)30(24-7-3-1-4-8-24)25-9-5-2-6-10-25/h1-16,21,30H,17-20,22H2,(H,37,38). The summed E-state index contributed by atoms with van der Waals surface area (Å²) < 4.78 is 38.5. The zero-order valence-electron chi connectivity index (χ0n) is 22.3. The molecule has 8 heteroatoms. The van der Waals surface area contributed by atoms with Crippen LogP contribution in [0.15, 0.2) is 103 Å². The second-order valence-corrected chi connectivity index (χ2v) is 10.4. The van der Waals surface area contributed by atoms with Crippen molar-refractivity contribution < 1.29 is 18.0 Å². The van der Waals surface area contributed by atoms with E-state index in [1.165, 1.54) is 12.1 Å². The summed E-state index contributed by atoms with van der Waals surface area (Å²) in [6, 6.07) is 31.3. The van der Waals surface area contributed by atoms with Gasteiger partial charge in [-0.25, -0.2) is 4.98 Å². The lowest BCUT2D eigenvalue weighted by atomic mass is 9.91. The van der Waals surface area contributed by atoms with Gasteiger partial charge in [0, 0.05) is 38.3 Å². The molecule has 0 saturated carbocycles. The fourth-order valence-electron chi connectivity index (χ4n) is 5.45. The van der Waals surface area contributed by atoms with Crippen LogP contribution in [-0.2, 0) is 12.7 Å². The zero-order valence-corrected chi connectivity index (χ0v) is 22.3. The van der Waals surface area contributed by atoms with Crippen LogP contribution >= 0.6 is 0 Å². The first-order chi connectivity index (χ1) is 19.8. The SMILES string of the molecule is O=C(c1ccc2nc(C(c3ccccc3)c3ccccc3)[nH]c2c1)N1CCN(Cc2ccc(C(F)(F)F)cc2)CC1. The largest absolute Gasteiger partial charge is 0.416 e. The number of aromatic nitrogens is 2. The molecule has 5 aromatic rings. The Morgan fingerprint density at radius 1 is 0.805 bits per heavy atom. The van der Waals surface area contributed by atoms with E-state index in [4.69, 9.17) is 4.98 Å². The van der Waals surface area contributed by atoms with Crippen LogP contribution in [0.4, 0.5) is 13.2 Å². The molecule has 208 valence electrons. The minimum absolute atomic E-state index is 0.0418. The van der Waals surface area contributed by atoms with E-state index in [2.05, 4.69) is 34.1 Å². The van der Waals surface area contributed by atoms with Gasteiger partial charge in [-0.2, -0.15) is 13.2 Å². The molecule has 1 aliphatic rings. The Hall–Kier alpha value is -4.43. The summed E-state index contributed by atoms with van der Waals surface area (Å²) in [5.74, 6) is 0.709. The summed E-state index contributed by atoms with van der Waals surface area (Å²) in [6.45, 7) is 2.96. The van der Waals surface area contributed by atoms with Gasteiger partial charge in [0.25, 0.3) is 5.91 Å². The molecule has 0 unspecified atom stereocenters. The molecule has 1 N–H and O–H groups in total. The minimum Gasteiger partial charge on any atom is -0.341 e. The van der Waals surface area contributed by atoms with E-state index in [0.29, 0.717) is 38.3 Å². The predicted octanol–water partition coefficient (Wildman–Crippen LogP) is 6.72. The molecule has 5 nitrogen and oxygen atoms in total. The van der Waals surface area contributed by atoms with Crippen molar-refractivity contribution in [2.45, 2.75) is 18.6 Å². The number of hydrogen-bond donors (Lipinski definition) is 1. The molecule has 1 aliphatic heterocycles. The number of alkyl halides is 3. The molecule has 0 radical (unpaired) electrons. The molecule has 4 aromatic carbocycles. The highest BCUT2D eigenvalue weighted by molar-refractivity contribution is 5.97. The topological polar surface area (TPSA) is 52.2 Å². The molecule has 0 atom stereocenters. The third-order valence-electron chi connectivity index (χ3n) is 7.63. The number of nitrogens with one attached hydrogen (secondary N) is 1. The van der Waals surface area contributed by atoms with E-state index in [0.717, 1.165) is 45.7 Å². The number of fused-ring (bicyclic) bond motifs is 1. The number of rotatable bonds is 6. The summed E-state index contributed by atoms with van der Waals surface area (Å²) in [5.41, 5.74) is 4.64. The quantitative estimate of drug-likeness (QED) is 0.254. The van der Waals surface area contributed by atoms with Gasteiger partial charge in [0.05, 0.1) is 22.5 Å². The number of aromatic amines is 1. The van der Waals surface area contributed by atoms with Crippen LogP contribution in [0.1, 0.15) is 44.4 Å². The molecular weight excluding hydrogens is 525 g/mol. The summed E-state index contributed by atoms with van der Waals surface area (Å²) in [4.78, 5) is 25.8. The Kier molecular flexibility index (Phi) is 7.32. The Bertz CT molecular complexity index is 1590. The van der Waals surface area contributed by atoms with Crippen molar-refractivity contribution in [3.63, 3.8) is 0 Å². The second-order valence-electron chi connectivity index (χ2n) is 10.4. The molecule has 0 bridgehead atoms. The van der Waals surface area contributed by atoms with Gasteiger partial charge in [-0.3, -0.25) is 9.69 Å². The van der Waals surface area contributed by atoms with Gasteiger partial charge in [0.15, 0.2) is 0 Å². The maximum Gasteiger partial charge on any atom is 0.416 e. The molecule has 1 fully saturated rings. The van der Waals surface area contributed by atoms with Crippen molar-refractivity contribution in [2.75, 3.05) is 26.2 Å². The Labute approximate surface area is 236 Å². The summed E-state index contributed by atoms with van der Waals surface area (Å²) in [6.07, 6.45) is -4.34. The average Bonchev–Trinajstić information content (AvgIpc) is 3.41. The molecular formula is C33H29F3N4O. The maximum absolute atomic E-state index is 13.4. The zero-order chi connectivity index (χ0) is 28.4. The van der Waals surface area contributed by atoms with Gasteiger partial charge in [0.1, 0.15) is 5.82 Å². The molecule has 41 heavy (non-hydrogen) atoms. The van der Waals surface area contributed by atoms with Gasteiger partial charge >= 0.3 is 6.18 Å². The van der Waals surface area contributed by atoms with Crippen molar-refractivity contribution in [1.82, 2.24) is 19.8 Å². The summed E-state index contributed by atoms with van der Waals surface area (Å²) in [7, 11) is 0. The number of imidazole rings is 1. The number of hydrogen-bond acceptors (Lipinski definition) is 3. The number of carbonyl (C=O) groups excluding carboxylic acids is 1. The van der Waals surface area contributed by atoms with E-state index in [-0.39, 0.29) is 11.8 Å². The lowest BCUT2D eigenvalue weighted by molar-refractivity contribution is -0.137. The Balaban J connectivity index is 1.15. The normalized spacial score (nSPS) is 14.6. The number of halogens is 3. The number of H-pyrrole nitrogens is 1. The van der Waals surface area contributed by atoms with Crippen LogP contribution in [0.2, 0.25) is 0 Å². The first-order valence-electron chi connectivity index (χ1n) is 13.6. The van der Waals surface area contributed by atoms with E-state index in [9.17, 15) is 18.0 Å². The molecule has 6 rings (SSSR count). The van der Waals surface area contributed by atoms with E-state index < -0.39 is 11.7 Å². The fraction of sp³-hybridized carbons (Fsp3) is 0.212. The van der Waals surface area contributed by atoms with Crippen LogP contribution in [0.5, 0.6) is 0 Å². The van der Waals surface area contributed by atoms with Crippen molar-refractivity contribution >= 4 is 16.9 Å². The van der Waals surface area contributed by atoms with Crippen LogP contribution in [0.3, 0.4) is 0 Å². The first kappa shape index (κ1) is 26.8. The maximum atomic E-state index is 13.4. The summed E-state index contributed by atoms with van der Waals surface area (Å²) >= 11 is 0. The molecule has 1 saturated heterocycles. The summed E-state index contributed by atoms with van der Waals surface area (Å²) in [5, 5.41) is 0. The Morgan fingerprint density at radius 2 is 1.41 bits per heavy atom. The van der Waals surface area contributed by atoms with E-state index >= 15 is 0 Å². The number of benzene rings is 4. The van der Waals surface area contributed by atoms with Crippen LogP contribution < -0.4 is 0 Å². The van der Waals surface area contributed by atoms with Crippen LogP contribution in [-0.4, -0.2) is 51.9 Å². The second kappa shape index (κ2) is 11.2. The monoisotopic (exact) mass is 554 g/mol. The number of nitrogens with zero attached hydrogens (tertiary/aromatic N) is 3.